The number of benzene rings is 1. The third kappa shape index (κ3) is 2.53. The maximum atomic E-state index is 11.3. The van der Waals surface area contributed by atoms with Crippen molar-refractivity contribution in [2.75, 3.05) is 6.61 Å². The Labute approximate surface area is 106 Å². The number of carbonyl (C=O) groups is 1. The summed E-state index contributed by atoms with van der Waals surface area (Å²) in [5.41, 5.74) is 2.89. The summed E-state index contributed by atoms with van der Waals surface area (Å²) >= 11 is 0. The molecule has 2 rings (SSSR count). The van der Waals surface area contributed by atoms with Gasteiger partial charge in [0.15, 0.2) is 0 Å². The molecule has 0 bridgehead atoms. The van der Waals surface area contributed by atoms with Crippen molar-refractivity contribution in [3.8, 4) is 17.0 Å². The fourth-order valence-corrected chi connectivity index (χ4v) is 1.77. The normalized spacial score (nSPS) is 10.1. The quantitative estimate of drug-likeness (QED) is 0.841. The molecule has 0 fully saturated rings. The third-order valence-electron chi connectivity index (χ3n) is 2.55. The zero-order valence-electron chi connectivity index (χ0n) is 10.4. The van der Waals surface area contributed by atoms with Crippen molar-refractivity contribution in [3.63, 3.8) is 0 Å². The van der Waals surface area contributed by atoms with E-state index in [1.807, 2.05) is 37.3 Å². The maximum Gasteiger partial charge on any atom is 0.515 e. The number of hydrogen-bond acceptors (Lipinski definition) is 3. The van der Waals surface area contributed by atoms with Crippen LogP contribution in [-0.4, -0.2) is 17.7 Å². The summed E-state index contributed by atoms with van der Waals surface area (Å²) < 4.78 is 9.91. The molecule has 0 saturated heterocycles. The van der Waals surface area contributed by atoms with Crippen LogP contribution in [0.1, 0.15) is 12.5 Å². The van der Waals surface area contributed by atoms with Gasteiger partial charge in [-0.15, -0.1) is 0 Å². The van der Waals surface area contributed by atoms with Crippen molar-refractivity contribution >= 4 is 6.16 Å². The van der Waals surface area contributed by atoms with Gasteiger partial charge in [0.1, 0.15) is 0 Å². The van der Waals surface area contributed by atoms with Gasteiger partial charge >= 0.3 is 6.16 Å². The molecule has 0 spiro atoms. The molecule has 0 aliphatic carbocycles. The second-order valence-electron chi connectivity index (χ2n) is 3.83. The van der Waals surface area contributed by atoms with Crippen LogP contribution >= 0.6 is 0 Å². The van der Waals surface area contributed by atoms with E-state index in [2.05, 4.69) is 4.98 Å². The van der Waals surface area contributed by atoms with E-state index in [0.717, 1.165) is 16.7 Å². The van der Waals surface area contributed by atoms with Crippen molar-refractivity contribution in [1.82, 2.24) is 4.98 Å². The number of aromatic nitrogens is 1. The van der Waals surface area contributed by atoms with Gasteiger partial charge in [-0.25, -0.2) is 4.79 Å². The molecule has 0 atom stereocenters. The molecule has 1 heterocycles. The highest BCUT2D eigenvalue weighted by Crippen LogP contribution is 2.32. The summed E-state index contributed by atoms with van der Waals surface area (Å²) in [7, 11) is 0. The van der Waals surface area contributed by atoms with Crippen LogP contribution in [-0.2, 0) is 4.74 Å². The van der Waals surface area contributed by atoms with E-state index < -0.39 is 6.16 Å². The average Bonchev–Trinajstić information content (AvgIpc) is 2.72. The molecule has 1 aromatic heterocycles. The summed E-state index contributed by atoms with van der Waals surface area (Å²) in [6.45, 7) is 3.98. The van der Waals surface area contributed by atoms with E-state index in [1.165, 1.54) is 0 Å². The highest BCUT2D eigenvalue weighted by atomic mass is 16.7. The molecule has 1 aromatic carbocycles. The zero-order chi connectivity index (χ0) is 13.0. The smallest absolute Gasteiger partial charge is 0.434 e. The average molecular weight is 245 g/mol. The zero-order valence-corrected chi connectivity index (χ0v) is 10.4. The van der Waals surface area contributed by atoms with Crippen LogP contribution in [0.15, 0.2) is 36.5 Å². The van der Waals surface area contributed by atoms with Crippen LogP contribution in [0.5, 0.6) is 5.88 Å². The predicted octanol–water partition coefficient (Wildman–Crippen LogP) is 3.53. The van der Waals surface area contributed by atoms with Gasteiger partial charge in [-0.1, -0.05) is 30.3 Å². The van der Waals surface area contributed by atoms with Gasteiger partial charge < -0.3 is 14.5 Å². The van der Waals surface area contributed by atoms with Crippen LogP contribution in [0, 0.1) is 6.92 Å². The molecule has 0 radical (unpaired) electrons. The Morgan fingerprint density at radius 2 is 2.00 bits per heavy atom. The maximum absolute atomic E-state index is 11.3. The summed E-state index contributed by atoms with van der Waals surface area (Å²) in [6.07, 6.45) is 1.10. The van der Waals surface area contributed by atoms with Crippen molar-refractivity contribution in [1.29, 1.82) is 0 Å². The summed E-state index contributed by atoms with van der Waals surface area (Å²) in [5, 5.41) is 0. The van der Waals surface area contributed by atoms with Crippen LogP contribution < -0.4 is 4.74 Å². The summed E-state index contributed by atoms with van der Waals surface area (Å²) in [6, 6.07) is 9.76. The largest absolute Gasteiger partial charge is 0.515 e. The van der Waals surface area contributed by atoms with E-state index in [4.69, 9.17) is 9.47 Å². The molecule has 4 heteroatoms. The first kappa shape index (κ1) is 12.2. The van der Waals surface area contributed by atoms with Gasteiger partial charge in [-0.2, -0.15) is 0 Å². The Kier molecular flexibility index (Phi) is 3.67. The summed E-state index contributed by atoms with van der Waals surface area (Å²) in [4.78, 5) is 14.3. The number of ether oxygens (including phenoxy) is 2. The molecule has 0 amide bonds. The molecule has 0 unspecified atom stereocenters. The Bertz CT molecular complexity index is 531. The van der Waals surface area contributed by atoms with Crippen LogP contribution in [0.3, 0.4) is 0 Å². The topological polar surface area (TPSA) is 51.3 Å². The standard InChI is InChI=1S/C14H15NO3/c1-3-17-14(16)18-13-12(10(2)9-15-13)11-7-5-4-6-8-11/h4-9,15H,3H2,1-2H3. The Hall–Kier alpha value is -2.23. The molecule has 4 nitrogen and oxygen atoms in total. The minimum atomic E-state index is -0.698. The lowest BCUT2D eigenvalue weighted by atomic mass is 10.1. The molecule has 94 valence electrons. The van der Waals surface area contributed by atoms with Gasteiger partial charge in [-0.05, 0) is 25.0 Å². The molecule has 0 saturated carbocycles. The number of carbonyl (C=O) groups excluding carboxylic acids is 1. The molecule has 1 N–H and O–H groups in total. The van der Waals surface area contributed by atoms with E-state index in [9.17, 15) is 4.79 Å². The van der Waals surface area contributed by atoms with Crippen LogP contribution in [0.4, 0.5) is 4.79 Å². The first-order valence-electron chi connectivity index (χ1n) is 5.80. The molecule has 2 aromatic rings. The predicted molar refractivity (Wildman–Crippen MR) is 68.6 cm³/mol. The van der Waals surface area contributed by atoms with E-state index in [-0.39, 0.29) is 0 Å². The van der Waals surface area contributed by atoms with Gasteiger partial charge in [0.2, 0.25) is 5.88 Å². The highest BCUT2D eigenvalue weighted by molar-refractivity contribution is 5.75. The monoisotopic (exact) mass is 245 g/mol. The lowest BCUT2D eigenvalue weighted by Crippen LogP contribution is -2.10. The van der Waals surface area contributed by atoms with Gasteiger partial charge in [0, 0.05) is 11.8 Å². The van der Waals surface area contributed by atoms with Crippen molar-refractivity contribution < 1.29 is 14.3 Å². The van der Waals surface area contributed by atoms with Gasteiger partial charge in [-0.3, -0.25) is 0 Å². The second kappa shape index (κ2) is 5.40. The van der Waals surface area contributed by atoms with Crippen molar-refractivity contribution in [2.45, 2.75) is 13.8 Å². The van der Waals surface area contributed by atoms with Gasteiger partial charge in [0.05, 0.1) is 6.61 Å². The fraction of sp³-hybridized carbons (Fsp3) is 0.214. The molecular weight excluding hydrogens is 230 g/mol. The first-order valence-corrected chi connectivity index (χ1v) is 5.80. The lowest BCUT2D eigenvalue weighted by molar-refractivity contribution is 0.103. The first-order chi connectivity index (χ1) is 8.72. The molecule has 0 aliphatic heterocycles. The second-order valence-corrected chi connectivity index (χ2v) is 3.83. The Morgan fingerprint density at radius 3 is 2.67 bits per heavy atom. The third-order valence-corrected chi connectivity index (χ3v) is 2.55. The number of hydrogen-bond donors (Lipinski definition) is 1. The Balaban J connectivity index is 2.31. The highest BCUT2D eigenvalue weighted by Gasteiger charge is 2.15. The van der Waals surface area contributed by atoms with E-state index in [1.54, 1.807) is 13.1 Å². The fourth-order valence-electron chi connectivity index (χ4n) is 1.77. The minimum Gasteiger partial charge on any atom is -0.434 e. The number of H-pyrrole nitrogens is 1. The van der Waals surface area contributed by atoms with E-state index >= 15 is 0 Å². The van der Waals surface area contributed by atoms with Crippen molar-refractivity contribution in [3.05, 3.63) is 42.1 Å². The minimum absolute atomic E-state index is 0.291. The van der Waals surface area contributed by atoms with E-state index in [0.29, 0.717) is 12.5 Å². The van der Waals surface area contributed by atoms with Crippen LogP contribution in [0.25, 0.3) is 11.1 Å². The number of nitrogens with one attached hydrogen (secondary N) is 1. The number of rotatable bonds is 3. The molecule has 18 heavy (non-hydrogen) atoms. The van der Waals surface area contributed by atoms with Gasteiger partial charge in [0.25, 0.3) is 0 Å². The lowest BCUT2D eigenvalue weighted by Gasteiger charge is -2.06. The van der Waals surface area contributed by atoms with Crippen molar-refractivity contribution in [2.24, 2.45) is 0 Å². The number of aryl methyl sites for hydroxylation is 1. The van der Waals surface area contributed by atoms with Crippen LogP contribution in [0.2, 0.25) is 0 Å². The number of aromatic amines is 1. The molecule has 0 aliphatic rings. The molecular formula is C14H15NO3. The Morgan fingerprint density at radius 1 is 1.28 bits per heavy atom. The SMILES string of the molecule is CCOC(=O)Oc1[nH]cc(C)c1-c1ccccc1. The summed E-state index contributed by atoms with van der Waals surface area (Å²) in [5.74, 6) is 0.414.